The first-order valence-electron chi connectivity index (χ1n) is 6.36. The van der Waals surface area contributed by atoms with Crippen LogP contribution in [0.1, 0.15) is 10.4 Å². The highest BCUT2D eigenvalue weighted by Crippen LogP contribution is 2.25. The zero-order valence-electron chi connectivity index (χ0n) is 12.0. The van der Waals surface area contributed by atoms with Crippen LogP contribution in [0.15, 0.2) is 18.2 Å². The summed E-state index contributed by atoms with van der Waals surface area (Å²) in [4.78, 5) is 11.8. The monoisotopic (exact) mass is 373 g/mol. The number of alkyl halides is 3. The average molecular weight is 373 g/mol. The van der Waals surface area contributed by atoms with Crippen molar-refractivity contribution in [2.45, 2.75) is 5.51 Å². The van der Waals surface area contributed by atoms with Gasteiger partial charge in [0.1, 0.15) is 24.7 Å². The molecule has 3 N–H and O–H groups in total. The van der Waals surface area contributed by atoms with Crippen molar-refractivity contribution in [1.29, 1.82) is 0 Å². The Morgan fingerprint density at radius 1 is 1.04 bits per heavy atom. The van der Waals surface area contributed by atoms with Crippen molar-refractivity contribution in [3.63, 3.8) is 0 Å². The largest absolute Gasteiger partial charge is 0.516 e. The van der Waals surface area contributed by atoms with Gasteiger partial charge in [0, 0.05) is 11.6 Å². The molecule has 0 unspecified atom stereocenters. The molecule has 8 nitrogen and oxygen atoms in total. The molecule has 24 heavy (non-hydrogen) atoms. The van der Waals surface area contributed by atoms with Crippen LogP contribution in [-0.4, -0.2) is 56.5 Å². The fourth-order valence-corrected chi connectivity index (χ4v) is 1.91. The minimum atomic E-state index is -5.87. The van der Waals surface area contributed by atoms with Gasteiger partial charge in [-0.15, -0.1) is 0 Å². The van der Waals surface area contributed by atoms with Crippen LogP contribution in [0.5, 0.6) is 11.5 Å². The third-order valence-corrected chi connectivity index (χ3v) is 3.46. The van der Waals surface area contributed by atoms with Crippen LogP contribution in [-0.2, 0) is 10.0 Å². The van der Waals surface area contributed by atoms with E-state index in [9.17, 15) is 26.4 Å². The minimum absolute atomic E-state index is 0.0472. The second kappa shape index (κ2) is 8.17. The highest BCUT2D eigenvalue weighted by Gasteiger charge is 2.47. The normalized spacial score (nSPS) is 11.9. The molecule has 1 amide bonds. The first-order chi connectivity index (χ1) is 11.1. The maximum Gasteiger partial charge on any atom is 0.516 e. The summed E-state index contributed by atoms with van der Waals surface area (Å²) in [6.07, 6.45) is 0. The van der Waals surface area contributed by atoms with Crippen LogP contribution in [0, 0.1) is 0 Å². The average Bonchev–Trinajstić information content (AvgIpc) is 2.49. The van der Waals surface area contributed by atoms with Gasteiger partial charge in [-0.2, -0.15) is 21.6 Å². The highest BCUT2D eigenvalue weighted by atomic mass is 32.2. The van der Waals surface area contributed by atoms with Crippen molar-refractivity contribution in [3.8, 4) is 11.5 Å². The molecule has 0 aliphatic carbocycles. The van der Waals surface area contributed by atoms with Gasteiger partial charge < -0.3 is 19.7 Å². The number of hydrogen-bond acceptors (Lipinski definition) is 7. The number of hydrogen-bond donors (Lipinski definition) is 3. The first-order valence-corrected chi connectivity index (χ1v) is 7.85. The molecule has 0 spiro atoms. The summed E-state index contributed by atoms with van der Waals surface area (Å²) in [5.41, 5.74) is -6.13. The highest BCUT2D eigenvalue weighted by molar-refractivity contribution is 7.90. The summed E-state index contributed by atoms with van der Waals surface area (Å²) in [5, 5.41) is 17.4. The van der Waals surface area contributed by atoms with E-state index in [1.54, 1.807) is 0 Å². The summed E-state index contributed by atoms with van der Waals surface area (Å²) in [6.45, 7) is -1.09. The lowest BCUT2D eigenvalue weighted by Gasteiger charge is -2.13. The standard InChI is InChI=1S/C12H14F3NO7S/c13-12(14,15)24(20,21)16-11(19)8-5-9(22-3-1-17)7-10(6-8)23-4-2-18/h5-7,17-18H,1-4H2,(H,16,19). The van der Waals surface area contributed by atoms with Crippen molar-refractivity contribution < 1.29 is 46.1 Å². The molecule has 1 aromatic rings. The number of carbonyl (C=O) groups excluding carboxylic acids is 1. The van der Waals surface area contributed by atoms with E-state index in [0.29, 0.717) is 0 Å². The molecule has 1 aromatic carbocycles. The van der Waals surface area contributed by atoms with Gasteiger partial charge in [0.05, 0.1) is 13.2 Å². The molecule has 0 radical (unpaired) electrons. The Morgan fingerprint density at radius 2 is 1.50 bits per heavy atom. The van der Waals surface area contributed by atoms with Crippen molar-refractivity contribution >= 4 is 15.9 Å². The predicted molar refractivity (Wildman–Crippen MR) is 74.0 cm³/mol. The van der Waals surface area contributed by atoms with Crippen LogP contribution in [0.3, 0.4) is 0 Å². The van der Waals surface area contributed by atoms with Gasteiger partial charge >= 0.3 is 15.5 Å². The molecule has 0 saturated heterocycles. The molecule has 1 rings (SSSR count). The van der Waals surface area contributed by atoms with Crippen LogP contribution in [0.25, 0.3) is 0 Å². The Bertz CT molecular complexity index is 649. The lowest BCUT2D eigenvalue weighted by molar-refractivity contribution is -0.0446. The molecule has 0 saturated carbocycles. The van der Waals surface area contributed by atoms with Crippen LogP contribution < -0.4 is 14.2 Å². The number of ether oxygens (including phenoxy) is 2. The fraction of sp³-hybridized carbons (Fsp3) is 0.417. The zero-order chi connectivity index (χ0) is 18.4. The number of nitrogens with one attached hydrogen (secondary N) is 1. The predicted octanol–water partition coefficient (Wildman–Crippen LogP) is 0.00820. The van der Waals surface area contributed by atoms with Crippen molar-refractivity contribution in [3.05, 3.63) is 23.8 Å². The summed E-state index contributed by atoms with van der Waals surface area (Å²) in [5.74, 6) is -1.64. The molecule has 136 valence electrons. The van der Waals surface area contributed by atoms with Gasteiger partial charge in [0.15, 0.2) is 0 Å². The van der Waals surface area contributed by atoms with Gasteiger partial charge in [-0.25, -0.2) is 4.72 Å². The third-order valence-electron chi connectivity index (χ3n) is 2.39. The molecular weight excluding hydrogens is 359 g/mol. The van der Waals surface area contributed by atoms with E-state index in [4.69, 9.17) is 19.7 Å². The molecule has 0 atom stereocenters. The van der Waals surface area contributed by atoms with E-state index in [2.05, 4.69) is 0 Å². The molecule has 0 bridgehead atoms. The molecule has 12 heteroatoms. The van der Waals surface area contributed by atoms with E-state index >= 15 is 0 Å². The lowest BCUT2D eigenvalue weighted by Crippen LogP contribution is -2.40. The number of aliphatic hydroxyl groups excluding tert-OH is 2. The van der Waals surface area contributed by atoms with Gasteiger partial charge in [0.25, 0.3) is 5.91 Å². The summed E-state index contributed by atoms with van der Waals surface area (Å²) in [7, 11) is -5.87. The Kier molecular flexibility index (Phi) is 6.81. The molecule has 0 aliphatic rings. The number of carbonyl (C=O) groups is 1. The van der Waals surface area contributed by atoms with Crippen molar-refractivity contribution in [2.75, 3.05) is 26.4 Å². The van der Waals surface area contributed by atoms with Crippen LogP contribution >= 0.6 is 0 Å². The fourth-order valence-electron chi connectivity index (χ4n) is 1.44. The van der Waals surface area contributed by atoms with E-state index in [1.807, 2.05) is 0 Å². The van der Waals surface area contributed by atoms with Gasteiger partial charge in [-0.3, -0.25) is 4.79 Å². The van der Waals surface area contributed by atoms with Crippen molar-refractivity contribution in [2.24, 2.45) is 0 Å². The number of rotatable bonds is 8. The minimum Gasteiger partial charge on any atom is -0.491 e. The number of amides is 1. The van der Waals surface area contributed by atoms with E-state index in [-0.39, 0.29) is 37.9 Å². The number of sulfonamides is 1. The van der Waals surface area contributed by atoms with E-state index in [1.165, 1.54) is 6.07 Å². The SMILES string of the molecule is O=C(NS(=O)(=O)C(F)(F)F)c1cc(OCCO)cc(OCCO)c1. The van der Waals surface area contributed by atoms with Gasteiger partial charge in [-0.05, 0) is 12.1 Å². The molecule has 0 aliphatic heterocycles. The number of halogens is 3. The molecule has 0 aromatic heterocycles. The number of aliphatic hydroxyl groups is 2. The smallest absolute Gasteiger partial charge is 0.491 e. The van der Waals surface area contributed by atoms with Gasteiger partial charge in [0.2, 0.25) is 0 Å². The summed E-state index contributed by atoms with van der Waals surface area (Å²) in [6, 6.07) is 3.20. The van der Waals surface area contributed by atoms with Gasteiger partial charge in [-0.1, -0.05) is 0 Å². The summed E-state index contributed by atoms with van der Waals surface area (Å²) >= 11 is 0. The van der Waals surface area contributed by atoms with E-state index in [0.717, 1.165) is 16.9 Å². The maximum atomic E-state index is 12.3. The van der Waals surface area contributed by atoms with Crippen LogP contribution in [0.2, 0.25) is 0 Å². The van der Waals surface area contributed by atoms with Crippen LogP contribution in [0.4, 0.5) is 13.2 Å². The molecule has 0 fully saturated rings. The maximum absolute atomic E-state index is 12.3. The molecular formula is C12H14F3NO7S. The third kappa shape index (κ3) is 5.54. The Morgan fingerprint density at radius 3 is 1.88 bits per heavy atom. The Labute approximate surface area is 134 Å². The second-order valence-electron chi connectivity index (χ2n) is 4.22. The van der Waals surface area contributed by atoms with Crippen molar-refractivity contribution in [1.82, 2.24) is 4.72 Å². The quantitative estimate of drug-likeness (QED) is 0.587. The second-order valence-corrected chi connectivity index (χ2v) is 5.89. The zero-order valence-corrected chi connectivity index (χ0v) is 12.9. The topological polar surface area (TPSA) is 122 Å². The first kappa shape index (κ1) is 20.0. The molecule has 0 heterocycles. The number of benzene rings is 1. The Balaban J connectivity index is 3.09. The summed E-state index contributed by atoms with van der Waals surface area (Å²) < 4.78 is 69.7. The van der Waals surface area contributed by atoms with E-state index < -0.39 is 27.0 Å². The lowest BCUT2D eigenvalue weighted by atomic mass is 10.2. The Hall–Kier alpha value is -2.05.